The average molecular weight is 359 g/mol. The lowest BCUT2D eigenvalue weighted by Crippen LogP contribution is -2.45. The van der Waals surface area contributed by atoms with Gasteiger partial charge in [0.1, 0.15) is 0 Å². The van der Waals surface area contributed by atoms with Crippen LogP contribution >= 0.6 is 11.8 Å². The lowest BCUT2D eigenvalue weighted by atomic mass is 9.75. The molecule has 1 amide bonds. The van der Waals surface area contributed by atoms with Crippen LogP contribution in [0.4, 0.5) is 0 Å². The molecule has 1 aliphatic heterocycles. The third kappa shape index (κ3) is 3.52. The summed E-state index contributed by atoms with van der Waals surface area (Å²) in [7, 11) is 0. The van der Waals surface area contributed by atoms with Gasteiger partial charge in [0.2, 0.25) is 11.1 Å². The second kappa shape index (κ2) is 6.94. The third-order valence-corrected chi connectivity index (χ3v) is 6.39. The molecule has 0 unspecified atom stereocenters. The number of fused-ring (bicyclic) bond motifs is 2. The summed E-state index contributed by atoms with van der Waals surface area (Å²) in [6.45, 7) is 5.80. The van der Waals surface area contributed by atoms with Crippen LogP contribution in [0.3, 0.4) is 0 Å². The van der Waals surface area contributed by atoms with Crippen LogP contribution in [0.1, 0.15) is 43.5 Å². The van der Waals surface area contributed by atoms with Crippen molar-refractivity contribution in [2.75, 3.05) is 18.8 Å². The van der Waals surface area contributed by atoms with Crippen molar-refractivity contribution in [1.29, 1.82) is 0 Å². The van der Waals surface area contributed by atoms with Gasteiger partial charge in [-0.3, -0.25) is 4.79 Å². The van der Waals surface area contributed by atoms with E-state index in [9.17, 15) is 4.79 Å². The number of nitrogens with zero attached hydrogens (tertiary/aromatic N) is 5. The van der Waals surface area contributed by atoms with Crippen LogP contribution < -0.4 is 0 Å². The first kappa shape index (κ1) is 16.8. The quantitative estimate of drug-likeness (QED) is 0.789. The zero-order valence-corrected chi connectivity index (χ0v) is 15.8. The van der Waals surface area contributed by atoms with E-state index in [0.29, 0.717) is 16.7 Å². The lowest BCUT2D eigenvalue weighted by Gasteiger charge is -2.41. The highest BCUT2D eigenvalue weighted by molar-refractivity contribution is 7.99. The summed E-state index contributed by atoms with van der Waals surface area (Å²) in [6, 6.07) is 1.98. The summed E-state index contributed by atoms with van der Waals surface area (Å²) in [6.07, 6.45) is 6.53. The molecular formula is C18H25N5OS. The minimum Gasteiger partial charge on any atom is -0.342 e. The fraction of sp³-hybridized carbons (Fsp3) is 0.667. The SMILES string of the molecule is Cc1cc(C)n2nc(SCC(=O)N3CC[C@H]4CCCC[C@H]4C3)nc2n1. The Morgan fingerprint density at radius 1 is 1.20 bits per heavy atom. The molecule has 7 heteroatoms. The first-order valence-corrected chi connectivity index (χ1v) is 10.2. The van der Waals surface area contributed by atoms with E-state index in [4.69, 9.17) is 0 Å². The molecule has 3 heterocycles. The summed E-state index contributed by atoms with van der Waals surface area (Å²) in [5.74, 6) is 2.80. The van der Waals surface area contributed by atoms with Crippen LogP contribution in [-0.2, 0) is 4.79 Å². The Balaban J connectivity index is 1.38. The Labute approximate surface area is 152 Å². The van der Waals surface area contributed by atoms with Crippen molar-refractivity contribution in [3.63, 3.8) is 0 Å². The number of amides is 1. The summed E-state index contributed by atoms with van der Waals surface area (Å²) in [4.78, 5) is 23.5. The average Bonchev–Trinajstić information content (AvgIpc) is 3.02. The Bertz CT molecular complexity index is 789. The van der Waals surface area contributed by atoms with Crippen LogP contribution in [0.15, 0.2) is 11.2 Å². The van der Waals surface area contributed by atoms with Gasteiger partial charge in [0.25, 0.3) is 5.78 Å². The topological polar surface area (TPSA) is 63.4 Å². The summed E-state index contributed by atoms with van der Waals surface area (Å²) < 4.78 is 1.74. The molecule has 0 radical (unpaired) electrons. The molecule has 1 aliphatic carbocycles. The second-order valence-corrected chi connectivity index (χ2v) is 8.31. The number of hydrogen-bond acceptors (Lipinski definition) is 5. The Hall–Kier alpha value is -1.63. The van der Waals surface area contributed by atoms with Crippen LogP contribution in [-0.4, -0.2) is 49.2 Å². The van der Waals surface area contributed by atoms with Crippen molar-refractivity contribution in [2.24, 2.45) is 11.8 Å². The predicted molar refractivity (Wildman–Crippen MR) is 97.6 cm³/mol. The number of aromatic nitrogens is 4. The number of aryl methyl sites for hydroxylation is 2. The Morgan fingerprint density at radius 3 is 2.84 bits per heavy atom. The van der Waals surface area contributed by atoms with Gasteiger partial charge in [0, 0.05) is 24.5 Å². The molecule has 2 aromatic rings. The van der Waals surface area contributed by atoms with Crippen molar-refractivity contribution < 1.29 is 4.79 Å². The monoisotopic (exact) mass is 359 g/mol. The van der Waals surface area contributed by atoms with Gasteiger partial charge in [-0.25, -0.2) is 9.50 Å². The van der Waals surface area contributed by atoms with Crippen LogP contribution in [0, 0.1) is 25.7 Å². The van der Waals surface area contributed by atoms with Crippen molar-refractivity contribution in [3.8, 4) is 0 Å². The number of thioether (sulfide) groups is 1. The van der Waals surface area contributed by atoms with E-state index in [1.54, 1.807) is 4.52 Å². The maximum Gasteiger partial charge on any atom is 0.253 e. The standard InChI is InChI=1S/C18H25N5OS/c1-12-9-13(2)23-17(19-12)20-18(21-23)25-11-16(24)22-8-7-14-5-3-4-6-15(14)10-22/h9,14-15H,3-8,10-11H2,1-2H3/t14-,15+/m1/s1. The van der Waals surface area contributed by atoms with Crippen molar-refractivity contribution in [2.45, 2.75) is 51.1 Å². The third-order valence-electron chi connectivity index (χ3n) is 5.57. The summed E-state index contributed by atoms with van der Waals surface area (Å²) >= 11 is 1.42. The predicted octanol–water partition coefficient (Wildman–Crippen LogP) is 2.87. The van der Waals surface area contributed by atoms with Gasteiger partial charge < -0.3 is 4.90 Å². The number of piperidine rings is 1. The molecule has 134 valence electrons. The van der Waals surface area contributed by atoms with Gasteiger partial charge in [-0.2, -0.15) is 4.98 Å². The van der Waals surface area contributed by atoms with E-state index in [0.717, 1.165) is 36.3 Å². The molecule has 2 atom stereocenters. The van der Waals surface area contributed by atoms with Crippen LogP contribution in [0.2, 0.25) is 0 Å². The summed E-state index contributed by atoms with van der Waals surface area (Å²) in [5.41, 5.74) is 1.94. The van der Waals surface area contributed by atoms with E-state index in [1.807, 2.05) is 19.9 Å². The molecule has 0 aromatic carbocycles. The molecule has 1 saturated heterocycles. The van der Waals surface area contributed by atoms with Gasteiger partial charge in [-0.1, -0.05) is 31.0 Å². The molecule has 2 aromatic heterocycles. The Morgan fingerprint density at radius 2 is 2.00 bits per heavy atom. The molecule has 6 nitrogen and oxygen atoms in total. The number of likely N-dealkylation sites (tertiary alicyclic amines) is 1. The van der Waals surface area contributed by atoms with Crippen molar-refractivity contribution >= 4 is 23.4 Å². The molecule has 25 heavy (non-hydrogen) atoms. The fourth-order valence-electron chi connectivity index (χ4n) is 4.25. The van der Waals surface area contributed by atoms with E-state index in [1.165, 1.54) is 43.9 Å². The zero-order chi connectivity index (χ0) is 17.4. The maximum absolute atomic E-state index is 12.6. The number of carbonyl (C=O) groups excluding carboxylic acids is 1. The minimum atomic E-state index is 0.216. The normalized spacial score (nSPS) is 23.7. The van der Waals surface area contributed by atoms with Gasteiger partial charge in [-0.15, -0.1) is 5.10 Å². The second-order valence-electron chi connectivity index (χ2n) is 7.37. The first-order chi connectivity index (χ1) is 12.1. The number of rotatable bonds is 3. The highest BCUT2D eigenvalue weighted by atomic mass is 32.2. The summed E-state index contributed by atoms with van der Waals surface area (Å²) in [5, 5.41) is 5.10. The molecule has 0 spiro atoms. The Kier molecular flexibility index (Phi) is 4.67. The van der Waals surface area contributed by atoms with Crippen molar-refractivity contribution in [3.05, 3.63) is 17.5 Å². The van der Waals surface area contributed by atoms with E-state index in [2.05, 4.69) is 20.0 Å². The first-order valence-electron chi connectivity index (χ1n) is 9.22. The number of hydrogen-bond donors (Lipinski definition) is 0. The molecule has 1 saturated carbocycles. The minimum absolute atomic E-state index is 0.216. The van der Waals surface area contributed by atoms with Crippen LogP contribution in [0.5, 0.6) is 0 Å². The zero-order valence-electron chi connectivity index (χ0n) is 14.9. The lowest BCUT2D eigenvalue weighted by molar-refractivity contribution is -0.131. The molecule has 0 N–H and O–H groups in total. The highest BCUT2D eigenvalue weighted by Gasteiger charge is 2.32. The molecule has 4 rings (SSSR count). The van der Waals surface area contributed by atoms with Crippen molar-refractivity contribution in [1.82, 2.24) is 24.5 Å². The van der Waals surface area contributed by atoms with E-state index in [-0.39, 0.29) is 5.91 Å². The maximum atomic E-state index is 12.6. The highest BCUT2D eigenvalue weighted by Crippen LogP contribution is 2.36. The largest absolute Gasteiger partial charge is 0.342 e. The molecule has 2 fully saturated rings. The number of carbonyl (C=O) groups is 1. The van der Waals surface area contributed by atoms with Gasteiger partial charge in [0.05, 0.1) is 5.75 Å². The van der Waals surface area contributed by atoms with E-state index < -0.39 is 0 Å². The molecule has 0 bridgehead atoms. The molecular weight excluding hydrogens is 334 g/mol. The van der Waals surface area contributed by atoms with Gasteiger partial charge in [0.15, 0.2) is 0 Å². The smallest absolute Gasteiger partial charge is 0.253 e. The molecule has 2 aliphatic rings. The van der Waals surface area contributed by atoms with E-state index >= 15 is 0 Å². The van der Waals surface area contributed by atoms with Gasteiger partial charge >= 0.3 is 0 Å². The fourth-order valence-corrected chi connectivity index (χ4v) is 4.97. The van der Waals surface area contributed by atoms with Crippen LogP contribution in [0.25, 0.3) is 5.78 Å². The van der Waals surface area contributed by atoms with Gasteiger partial charge in [-0.05, 0) is 44.6 Å².